The van der Waals surface area contributed by atoms with Gasteiger partial charge in [-0.2, -0.15) is 0 Å². The van der Waals surface area contributed by atoms with E-state index in [0.717, 1.165) is 0 Å². The Kier molecular flexibility index (Phi) is 10.3. The molecule has 0 spiro atoms. The first-order chi connectivity index (χ1) is 15.0. The lowest BCUT2D eigenvalue weighted by Crippen LogP contribution is -2.57. The maximum atomic E-state index is 12.7. The van der Waals surface area contributed by atoms with Gasteiger partial charge in [0.2, 0.25) is 17.7 Å². The highest BCUT2D eigenvalue weighted by atomic mass is 16.4. The Hall–Kier alpha value is -4.00. The molecule has 0 saturated heterocycles. The number of hydrogen-bond acceptors (Lipinski definition) is 7. The maximum Gasteiger partial charge on any atom is 0.326 e. The molecular weight excluding hydrogens is 428 g/mol. The SMILES string of the molecule is NCC(=O)NC(CC(=O)O)C(=O)NC(Cc1ccccc1)C(=O)NC(CC(=O)O)C(=O)O. The van der Waals surface area contributed by atoms with Gasteiger partial charge in [0.15, 0.2) is 0 Å². The van der Waals surface area contributed by atoms with Crippen molar-refractivity contribution in [3.63, 3.8) is 0 Å². The number of nitrogens with one attached hydrogen (secondary N) is 3. The van der Waals surface area contributed by atoms with Crippen molar-refractivity contribution in [1.82, 2.24) is 16.0 Å². The van der Waals surface area contributed by atoms with Crippen LogP contribution in [0.2, 0.25) is 0 Å². The fourth-order valence-electron chi connectivity index (χ4n) is 2.62. The zero-order valence-electron chi connectivity index (χ0n) is 16.8. The van der Waals surface area contributed by atoms with Crippen LogP contribution in [-0.4, -0.2) is 75.6 Å². The highest BCUT2D eigenvalue weighted by molar-refractivity contribution is 5.95. The van der Waals surface area contributed by atoms with Gasteiger partial charge in [-0.3, -0.25) is 24.0 Å². The number of carbonyl (C=O) groups is 6. The summed E-state index contributed by atoms with van der Waals surface area (Å²) in [6.45, 7) is -0.507. The second-order valence-corrected chi connectivity index (χ2v) is 6.67. The van der Waals surface area contributed by atoms with E-state index in [2.05, 4.69) is 10.6 Å². The Balaban J connectivity index is 3.10. The van der Waals surface area contributed by atoms with Crippen molar-refractivity contribution in [2.75, 3.05) is 6.54 Å². The number of nitrogens with two attached hydrogens (primary N) is 1. The summed E-state index contributed by atoms with van der Waals surface area (Å²) in [6, 6.07) is 3.57. The average Bonchev–Trinajstić information content (AvgIpc) is 2.72. The van der Waals surface area contributed by atoms with E-state index < -0.39 is 73.1 Å². The number of carboxylic acid groups (broad SMARTS) is 3. The molecular formula is C19H24N4O9. The molecule has 1 aromatic rings. The lowest BCUT2D eigenvalue weighted by molar-refractivity contribution is -0.147. The lowest BCUT2D eigenvalue weighted by Gasteiger charge is -2.24. The molecule has 1 aromatic carbocycles. The minimum absolute atomic E-state index is 0.123. The predicted molar refractivity (Wildman–Crippen MR) is 107 cm³/mol. The Morgan fingerprint density at radius 1 is 0.750 bits per heavy atom. The van der Waals surface area contributed by atoms with Gasteiger partial charge in [-0.15, -0.1) is 0 Å². The molecule has 8 N–H and O–H groups in total. The zero-order chi connectivity index (χ0) is 24.3. The first kappa shape index (κ1) is 26.0. The summed E-state index contributed by atoms with van der Waals surface area (Å²) in [5.74, 6) is -7.29. The van der Waals surface area contributed by atoms with Gasteiger partial charge >= 0.3 is 17.9 Å². The van der Waals surface area contributed by atoms with E-state index >= 15 is 0 Å². The fourth-order valence-corrected chi connectivity index (χ4v) is 2.62. The highest BCUT2D eigenvalue weighted by Gasteiger charge is 2.31. The van der Waals surface area contributed by atoms with Gasteiger partial charge in [-0.25, -0.2) is 4.79 Å². The van der Waals surface area contributed by atoms with Crippen LogP contribution in [0.1, 0.15) is 18.4 Å². The second kappa shape index (κ2) is 12.6. The van der Waals surface area contributed by atoms with E-state index in [1.165, 1.54) is 0 Å². The smallest absolute Gasteiger partial charge is 0.326 e. The third-order valence-corrected chi connectivity index (χ3v) is 4.12. The molecule has 3 unspecified atom stereocenters. The van der Waals surface area contributed by atoms with Crippen molar-refractivity contribution in [2.24, 2.45) is 5.73 Å². The third kappa shape index (κ3) is 9.21. The van der Waals surface area contributed by atoms with Gasteiger partial charge in [0.25, 0.3) is 0 Å². The van der Waals surface area contributed by atoms with Crippen LogP contribution in [0.5, 0.6) is 0 Å². The van der Waals surface area contributed by atoms with Crippen molar-refractivity contribution >= 4 is 35.6 Å². The Bertz CT molecular complexity index is 860. The summed E-state index contributed by atoms with van der Waals surface area (Å²) < 4.78 is 0. The molecule has 1 rings (SSSR count). The summed E-state index contributed by atoms with van der Waals surface area (Å²) in [6.07, 6.45) is -1.82. The Morgan fingerprint density at radius 3 is 1.75 bits per heavy atom. The van der Waals surface area contributed by atoms with Crippen LogP contribution >= 0.6 is 0 Å². The fraction of sp³-hybridized carbons (Fsp3) is 0.368. The lowest BCUT2D eigenvalue weighted by atomic mass is 10.0. The van der Waals surface area contributed by atoms with Gasteiger partial charge in [-0.05, 0) is 5.56 Å². The number of amides is 3. The van der Waals surface area contributed by atoms with Crippen LogP contribution in [0, 0.1) is 0 Å². The van der Waals surface area contributed by atoms with Crippen molar-refractivity contribution < 1.29 is 44.1 Å². The Morgan fingerprint density at radius 2 is 1.25 bits per heavy atom. The van der Waals surface area contributed by atoms with Crippen LogP contribution in [0.3, 0.4) is 0 Å². The number of hydrogen-bond donors (Lipinski definition) is 7. The van der Waals surface area contributed by atoms with E-state index in [1.807, 2.05) is 5.32 Å². The summed E-state index contributed by atoms with van der Waals surface area (Å²) in [5.41, 5.74) is 5.74. The van der Waals surface area contributed by atoms with Gasteiger partial charge in [-0.1, -0.05) is 30.3 Å². The molecule has 13 heteroatoms. The van der Waals surface area contributed by atoms with Crippen LogP contribution in [0.25, 0.3) is 0 Å². The number of benzene rings is 1. The van der Waals surface area contributed by atoms with Crippen LogP contribution in [0.4, 0.5) is 0 Å². The molecule has 0 radical (unpaired) electrons. The van der Waals surface area contributed by atoms with Gasteiger partial charge in [0.05, 0.1) is 19.4 Å². The Labute approximate surface area is 182 Å². The first-order valence-electron chi connectivity index (χ1n) is 9.34. The standard InChI is InChI=1S/C19H24N4O9/c20-9-14(24)21-12(7-15(25)26)18(30)22-11(6-10-4-2-1-3-5-10)17(29)23-13(19(31)32)8-16(27)28/h1-5,11-13H,6-9,20H2,(H,21,24)(H,22,30)(H,23,29)(H,25,26)(H,27,28)(H,31,32). The predicted octanol–water partition coefficient (Wildman–Crippen LogP) is -2.32. The summed E-state index contributed by atoms with van der Waals surface area (Å²) in [4.78, 5) is 70.0. The monoisotopic (exact) mass is 452 g/mol. The molecule has 174 valence electrons. The number of aliphatic carboxylic acids is 3. The molecule has 0 heterocycles. The minimum Gasteiger partial charge on any atom is -0.481 e. The molecule has 13 nitrogen and oxygen atoms in total. The third-order valence-electron chi connectivity index (χ3n) is 4.12. The summed E-state index contributed by atoms with van der Waals surface area (Å²) >= 11 is 0. The summed E-state index contributed by atoms with van der Waals surface area (Å²) in [7, 11) is 0. The van der Waals surface area contributed by atoms with E-state index in [1.54, 1.807) is 30.3 Å². The largest absolute Gasteiger partial charge is 0.481 e. The van der Waals surface area contributed by atoms with Crippen molar-refractivity contribution in [1.29, 1.82) is 0 Å². The number of carboxylic acids is 3. The van der Waals surface area contributed by atoms with E-state index in [4.69, 9.17) is 21.1 Å². The molecule has 0 fully saturated rings. The topological polar surface area (TPSA) is 225 Å². The van der Waals surface area contributed by atoms with Crippen molar-refractivity contribution in [2.45, 2.75) is 37.4 Å². The molecule has 32 heavy (non-hydrogen) atoms. The molecule has 0 aromatic heterocycles. The zero-order valence-corrected chi connectivity index (χ0v) is 16.8. The van der Waals surface area contributed by atoms with E-state index in [9.17, 15) is 28.8 Å². The highest BCUT2D eigenvalue weighted by Crippen LogP contribution is 2.06. The molecule has 0 aliphatic heterocycles. The average molecular weight is 452 g/mol. The molecule has 3 atom stereocenters. The molecule has 3 amide bonds. The molecule has 0 aliphatic rings. The maximum absolute atomic E-state index is 12.7. The van der Waals surface area contributed by atoms with Gasteiger partial charge < -0.3 is 37.0 Å². The van der Waals surface area contributed by atoms with Crippen molar-refractivity contribution in [3.8, 4) is 0 Å². The van der Waals surface area contributed by atoms with E-state index in [-0.39, 0.29) is 6.42 Å². The normalized spacial score (nSPS) is 13.2. The number of rotatable bonds is 13. The minimum atomic E-state index is -1.76. The van der Waals surface area contributed by atoms with Crippen LogP contribution < -0.4 is 21.7 Å². The first-order valence-corrected chi connectivity index (χ1v) is 9.34. The van der Waals surface area contributed by atoms with Crippen LogP contribution in [-0.2, 0) is 35.2 Å². The molecule has 0 aliphatic carbocycles. The molecule has 0 bridgehead atoms. The van der Waals surface area contributed by atoms with Crippen LogP contribution in [0.15, 0.2) is 30.3 Å². The van der Waals surface area contributed by atoms with Gasteiger partial charge in [0, 0.05) is 6.42 Å². The second-order valence-electron chi connectivity index (χ2n) is 6.67. The molecule has 0 saturated carbocycles. The quantitative estimate of drug-likeness (QED) is 0.169. The van der Waals surface area contributed by atoms with Gasteiger partial charge in [0.1, 0.15) is 18.1 Å². The van der Waals surface area contributed by atoms with Crippen molar-refractivity contribution in [3.05, 3.63) is 35.9 Å². The summed E-state index contributed by atoms with van der Waals surface area (Å²) in [5, 5.41) is 33.5. The number of carbonyl (C=O) groups excluding carboxylic acids is 3. The van der Waals surface area contributed by atoms with E-state index in [0.29, 0.717) is 5.56 Å².